The van der Waals surface area contributed by atoms with Crippen LogP contribution in [-0.2, 0) is 16.0 Å². The van der Waals surface area contributed by atoms with E-state index in [4.69, 9.17) is 0 Å². The molecule has 2 atom stereocenters. The molecule has 2 unspecified atom stereocenters. The summed E-state index contributed by atoms with van der Waals surface area (Å²) in [5, 5.41) is 2.95. The van der Waals surface area contributed by atoms with Crippen molar-refractivity contribution < 1.29 is 9.53 Å². The van der Waals surface area contributed by atoms with Gasteiger partial charge in [0.05, 0.1) is 19.2 Å². The molecule has 5 nitrogen and oxygen atoms in total. The molecule has 0 aromatic carbocycles. The number of thiazole rings is 1. The number of carbonyl (C=O) groups is 1. The Labute approximate surface area is 118 Å². The van der Waals surface area contributed by atoms with Gasteiger partial charge in [0.2, 0.25) is 0 Å². The van der Waals surface area contributed by atoms with Gasteiger partial charge < -0.3 is 14.5 Å². The van der Waals surface area contributed by atoms with E-state index in [1.807, 2.05) is 5.38 Å². The summed E-state index contributed by atoms with van der Waals surface area (Å²) >= 11 is 1.60. The zero-order valence-electron chi connectivity index (χ0n) is 11.9. The molecule has 2 heterocycles. The summed E-state index contributed by atoms with van der Waals surface area (Å²) in [4.78, 5) is 20.3. The Bertz CT molecular complexity index is 447. The highest BCUT2D eigenvalue weighted by Crippen LogP contribution is 2.28. The normalized spacial score (nSPS) is 23.1. The van der Waals surface area contributed by atoms with Crippen LogP contribution in [0.25, 0.3) is 0 Å². The van der Waals surface area contributed by atoms with Crippen LogP contribution in [0.15, 0.2) is 5.38 Å². The summed E-state index contributed by atoms with van der Waals surface area (Å²) in [5.41, 5.74) is 0.799. The minimum Gasteiger partial charge on any atom is -0.469 e. The third-order valence-corrected chi connectivity index (χ3v) is 4.55. The molecule has 0 radical (unpaired) electrons. The van der Waals surface area contributed by atoms with Gasteiger partial charge in [-0.3, -0.25) is 4.79 Å². The van der Waals surface area contributed by atoms with Crippen molar-refractivity contribution in [1.82, 2.24) is 9.88 Å². The molecular formula is C13H21N3O2S. The number of hydrogen-bond acceptors (Lipinski definition) is 6. The molecule has 2 rings (SSSR count). The van der Waals surface area contributed by atoms with E-state index in [0.717, 1.165) is 23.9 Å². The lowest BCUT2D eigenvalue weighted by molar-refractivity contribution is -0.139. The largest absolute Gasteiger partial charge is 0.469 e. The molecule has 6 heteroatoms. The summed E-state index contributed by atoms with van der Waals surface area (Å²) in [5.74, 6) is 0.390. The maximum atomic E-state index is 11.2. The molecule has 106 valence electrons. The Morgan fingerprint density at radius 3 is 2.89 bits per heavy atom. The molecule has 0 spiro atoms. The van der Waals surface area contributed by atoms with Crippen molar-refractivity contribution in [2.75, 3.05) is 39.2 Å². The predicted octanol–water partition coefficient (Wildman–Crippen LogP) is 1.24. The Hall–Kier alpha value is -1.14. The van der Waals surface area contributed by atoms with Crippen LogP contribution in [0.1, 0.15) is 12.6 Å². The fourth-order valence-corrected chi connectivity index (χ4v) is 3.37. The van der Waals surface area contributed by atoms with Crippen molar-refractivity contribution in [2.45, 2.75) is 19.4 Å². The van der Waals surface area contributed by atoms with Crippen molar-refractivity contribution in [3.63, 3.8) is 0 Å². The van der Waals surface area contributed by atoms with E-state index in [2.05, 4.69) is 40.5 Å². The smallest absolute Gasteiger partial charge is 0.311 e. The van der Waals surface area contributed by atoms with E-state index >= 15 is 0 Å². The van der Waals surface area contributed by atoms with Gasteiger partial charge in [0.1, 0.15) is 0 Å². The van der Waals surface area contributed by atoms with Crippen LogP contribution < -0.4 is 4.90 Å². The molecule has 1 aliphatic rings. The first-order valence-electron chi connectivity index (χ1n) is 6.44. The molecule has 0 bridgehead atoms. The van der Waals surface area contributed by atoms with Crippen LogP contribution in [0.2, 0.25) is 0 Å². The van der Waals surface area contributed by atoms with E-state index in [9.17, 15) is 4.79 Å². The fourth-order valence-electron chi connectivity index (χ4n) is 2.52. The molecule has 1 fully saturated rings. The SMILES string of the molecule is COC(=O)Cc1csc(N2CC(C)C(N(C)C)C2)n1. The number of ether oxygens (including phenoxy) is 1. The number of rotatable bonds is 4. The van der Waals surface area contributed by atoms with Crippen molar-refractivity contribution in [3.05, 3.63) is 11.1 Å². The molecule has 0 aliphatic carbocycles. The number of hydrogen-bond donors (Lipinski definition) is 0. The first-order chi connectivity index (χ1) is 9.01. The Morgan fingerprint density at radius 1 is 1.58 bits per heavy atom. The molecule has 19 heavy (non-hydrogen) atoms. The fraction of sp³-hybridized carbons (Fsp3) is 0.692. The maximum Gasteiger partial charge on any atom is 0.311 e. The zero-order valence-corrected chi connectivity index (χ0v) is 12.7. The zero-order chi connectivity index (χ0) is 14.0. The van der Waals surface area contributed by atoms with E-state index in [1.165, 1.54) is 7.11 Å². The molecule has 0 amide bonds. The second kappa shape index (κ2) is 5.88. The molecule has 1 aliphatic heterocycles. The minimum atomic E-state index is -0.238. The topological polar surface area (TPSA) is 45.7 Å². The van der Waals surface area contributed by atoms with Crippen LogP contribution in [0.3, 0.4) is 0 Å². The Balaban J connectivity index is 2.02. The van der Waals surface area contributed by atoms with Gasteiger partial charge in [0.15, 0.2) is 5.13 Å². The van der Waals surface area contributed by atoms with Crippen LogP contribution in [0.4, 0.5) is 5.13 Å². The number of likely N-dealkylation sites (N-methyl/N-ethyl adjacent to an activating group) is 1. The highest BCUT2D eigenvalue weighted by molar-refractivity contribution is 7.13. The summed E-state index contributed by atoms with van der Waals surface area (Å²) in [6.07, 6.45) is 0.257. The quantitative estimate of drug-likeness (QED) is 0.778. The summed E-state index contributed by atoms with van der Waals surface area (Å²) in [6.45, 7) is 4.29. The average Bonchev–Trinajstić information content (AvgIpc) is 2.95. The van der Waals surface area contributed by atoms with Crippen LogP contribution >= 0.6 is 11.3 Å². The highest BCUT2D eigenvalue weighted by atomic mass is 32.1. The van der Waals surface area contributed by atoms with Gasteiger partial charge >= 0.3 is 5.97 Å². The van der Waals surface area contributed by atoms with Crippen molar-refractivity contribution in [3.8, 4) is 0 Å². The third kappa shape index (κ3) is 3.25. The van der Waals surface area contributed by atoms with E-state index in [0.29, 0.717) is 12.0 Å². The van der Waals surface area contributed by atoms with Crippen molar-refractivity contribution in [1.29, 1.82) is 0 Å². The standard InChI is InChI=1S/C13H21N3O2S/c1-9-6-16(7-11(9)15(2)3)13-14-10(8-19-13)5-12(17)18-4/h8-9,11H,5-7H2,1-4H3. The first kappa shape index (κ1) is 14.3. The number of carbonyl (C=O) groups excluding carboxylic acids is 1. The average molecular weight is 283 g/mol. The third-order valence-electron chi connectivity index (χ3n) is 3.60. The Kier molecular flexibility index (Phi) is 4.42. The maximum absolute atomic E-state index is 11.2. The molecule has 1 aromatic rings. The van der Waals surface area contributed by atoms with Gasteiger partial charge in [-0.15, -0.1) is 11.3 Å². The Morgan fingerprint density at radius 2 is 2.32 bits per heavy atom. The van der Waals surface area contributed by atoms with Crippen LogP contribution in [-0.4, -0.2) is 56.2 Å². The number of aromatic nitrogens is 1. The van der Waals surface area contributed by atoms with Crippen molar-refractivity contribution in [2.24, 2.45) is 5.92 Å². The van der Waals surface area contributed by atoms with Crippen molar-refractivity contribution >= 4 is 22.4 Å². The lowest BCUT2D eigenvalue weighted by Crippen LogP contribution is -2.34. The van der Waals surface area contributed by atoms with E-state index in [1.54, 1.807) is 11.3 Å². The van der Waals surface area contributed by atoms with E-state index < -0.39 is 0 Å². The summed E-state index contributed by atoms with van der Waals surface area (Å²) in [6, 6.07) is 0.563. The minimum absolute atomic E-state index is 0.238. The molecule has 1 saturated heterocycles. The van der Waals surface area contributed by atoms with Gasteiger partial charge in [0, 0.05) is 24.5 Å². The second-order valence-electron chi connectivity index (χ2n) is 5.29. The van der Waals surface area contributed by atoms with Gasteiger partial charge in [-0.25, -0.2) is 4.98 Å². The number of anilines is 1. The summed E-state index contributed by atoms with van der Waals surface area (Å²) < 4.78 is 4.66. The predicted molar refractivity (Wildman–Crippen MR) is 76.7 cm³/mol. The first-order valence-corrected chi connectivity index (χ1v) is 7.31. The number of methoxy groups -OCH3 is 1. The highest BCUT2D eigenvalue weighted by Gasteiger charge is 2.32. The second-order valence-corrected chi connectivity index (χ2v) is 6.12. The van der Waals surface area contributed by atoms with Gasteiger partial charge in [-0.05, 0) is 20.0 Å². The summed E-state index contributed by atoms with van der Waals surface area (Å²) in [7, 11) is 5.64. The molecule has 0 N–H and O–H groups in total. The lowest BCUT2D eigenvalue weighted by Gasteiger charge is -2.22. The van der Waals surface area contributed by atoms with Crippen LogP contribution in [0, 0.1) is 5.92 Å². The molecule has 0 saturated carbocycles. The van der Waals surface area contributed by atoms with Gasteiger partial charge in [-0.2, -0.15) is 0 Å². The van der Waals surface area contributed by atoms with Gasteiger partial charge in [-0.1, -0.05) is 6.92 Å². The molecule has 1 aromatic heterocycles. The lowest BCUT2D eigenvalue weighted by atomic mass is 10.1. The monoisotopic (exact) mass is 283 g/mol. The number of nitrogens with zero attached hydrogens (tertiary/aromatic N) is 3. The van der Waals surface area contributed by atoms with Crippen LogP contribution in [0.5, 0.6) is 0 Å². The number of esters is 1. The van der Waals surface area contributed by atoms with Gasteiger partial charge in [0.25, 0.3) is 0 Å². The van der Waals surface area contributed by atoms with E-state index in [-0.39, 0.29) is 12.4 Å². The molecular weight excluding hydrogens is 262 g/mol.